The van der Waals surface area contributed by atoms with Crippen LogP contribution in [0.15, 0.2) is 17.1 Å². The Morgan fingerprint density at radius 3 is 2.60 bits per heavy atom. The zero-order valence-electron chi connectivity index (χ0n) is 10.2. The maximum Gasteiger partial charge on any atom is 0.343 e. The highest BCUT2D eigenvalue weighted by Crippen LogP contribution is 2.20. The maximum absolute atomic E-state index is 13.6. The molecule has 0 fully saturated rings. The minimum Gasteiger partial charge on any atom is -0.462 e. The Morgan fingerprint density at radius 2 is 2.00 bits per heavy atom. The molecule has 2 aromatic rings. The van der Waals surface area contributed by atoms with Gasteiger partial charge in [-0.2, -0.15) is 0 Å². The number of rotatable bonds is 2. The molecule has 0 aliphatic heterocycles. The van der Waals surface area contributed by atoms with Crippen LogP contribution in [0.3, 0.4) is 0 Å². The molecule has 0 unspecified atom stereocenters. The Bertz CT molecular complexity index is 771. The van der Waals surface area contributed by atoms with Crippen molar-refractivity contribution in [1.82, 2.24) is 4.68 Å². The van der Waals surface area contributed by atoms with Crippen LogP contribution in [-0.2, 0) is 4.74 Å². The molecular formula is C12H9F3N2O3. The Hall–Kier alpha value is -2.51. The third-order valence-electron chi connectivity index (χ3n) is 2.65. The molecule has 0 aliphatic carbocycles. The van der Waals surface area contributed by atoms with E-state index in [1.54, 1.807) is 0 Å². The Morgan fingerprint density at radius 1 is 1.35 bits per heavy atom. The topological polar surface area (TPSA) is 74.3 Å². The SMILES string of the molecule is CCOC(=O)c1cn(N)c2c(F)c(F)c(F)cc2c1=O. The lowest BCUT2D eigenvalue weighted by Crippen LogP contribution is -2.24. The highest BCUT2D eigenvalue weighted by atomic mass is 19.2. The van der Waals surface area contributed by atoms with Gasteiger partial charge in [0.2, 0.25) is 5.43 Å². The Labute approximate surface area is 110 Å². The van der Waals surface area contributed by atoms with Crippen LogP contribution < -0.4 is 11.3 Å². The summed E-state index contributed by atoms with van der Waals surface area (Å²) in [4.78, 5) is 23.5. The van der Waals surface area contributed by atoms with Crippen LogP contribution in [0.2, 0.25) is 0 Å². The lowest BCUT2D eigenvalue weighted by atomic mass is 10.1. The molecule has 0 saturated heterocycles. The summed E-state index contributed by atoms with van der Waals surface area (Å²) >= 11 is 0. The first-order chi connectivity index (χ1) is 9.38. The third kappa shape index (κ3) is 1.98. The van der Waals surface area contributed by atoms with Gasteiger partial charge in [-0.15, -0.1) is 0 Å². The van der Waals surface area contributed by atoms with Gasteiger partial charge in [0, 0.05) is 6.20 Å². The number of nitrogen functional groups attached to an aromatic ring is 1. The van der Waals surface area contributed by atoms with Crippen molar-refractivity contribution >= 4 is 16.9 Å². The Kier molecular flexibility index (Phi) is 3.39. The van der Waals surface area contributed by atoms with Crippen molar-refractivity contribution in [3.05, 3.63) is 45.5 Å². The molecule has 1 aromatic carbocycles. The number of halogens is 3. The molecule has 0 aliphatic rings. The van der Waals surface area contributed by atoms with Crippen LogP contribution in [0.25, 0.3) is 10.9 Å². The highest BCUT2D eigenvalue weighted by Gasteiger charge is 2.22. The van der Waals surface area contributed by atoms with E-state index in [9.17, 15) is 22.8 Å². The number of nitrogens with zero attached hydrogens (tertiary/aromatic N) is 1. The van der Waals surface area contributed by atoms with Crippen LogP contribution in [0.1, 0.15) is 17.3 Å². The zero-order valence-corrected chi connectivity index (χ0v) is 10.2. The Balaban J connectivity index is 2.87. The molecule has 1 aromatic heterocycles. The number of carbonyl (C=O) groups excluding carboxylic acids is 1. The van der Waals surface area contributed by atoms with E-state index in [1.807, 2.05) is 0 Å². The van der Waals surface area contributed by atoms with E-state index >= 15 is 0 Å². The van der Waals surface area contributed by atoms with E-state index in [-0.39, 0.29) is 6.61 Å². The van der Waals surface area contributed by atoms with Crippen molar-refractivity contribution < 1.29 is 22.7 Å². The number of carbonyl (C=O) groups is 1. The van der Waals surface area contributed by atoms with Crippen LogP contribution in [0.4, 0.5) is 13.2 Å². The monoisotopic (exact) mass is 286 g/mol. The van der Waals surface area contributed by atoms with Crippen molar-refractivity contribution in [2.75, 3.05) is 12.4 Å². The number of pyridine rings is 1. The summed E-state index contributed by atoms with van der Waals surface area (Å²) in [6.07, 6.45) is 0.809. The van der Waals surface area contributed by atoms with Gasteiger partial charge in [0.15, 0.2) is 17.5 Å². The van der Waals surface area contributed by atoms with Gasteiger partial charge < -0.3 is 10.6 Å². The molecule has 8 heteroatoms. The molecule has 0 radical (unpaired) electrons. The number of aromatic nitrogens is 1. The van der Waals surface area contributed by atoms with E-state index in [0.717, 1.165) is 6.20 Å². The normalized spacial score (nSPS) is 10.8. The minimum absolute atomic E-state index is 0.00697. The fourth-order valence-electron chi connectivity index (χ4n) is 1.77. The van der Waals surface area contributed by atoms with Gasteiger partial charge in [0.1, 0.15) is 11.1 Å². The summed E-state index contributed by atoms with van der Waals surface area (Å²) in [6, 6.07) is 0.488. The van der Waals surface area contributed by atoms with Crippen LogP contribution >= 0.6 is 0 Å². The number of benzene rings is 1. The number of ether oxygens (including phenoxy) is 1. The van der Waals surface area contributed by atoms with Gasteiger partial charge in [-0.1, -0.05) is 0 Å². The second-order valence-corrected chi connectivity index (χ2v) is 3.88. The van der Waals surface area contributed by atoms with Gasteiger partial charge in [0.25, 0.3) is 0 Å². The molecule has 2 rings (SSSR count). The molecule has 0 spiro atoms. The van der Waals surface area contributed by atoms with Gasteiger partial charge in [-0.05, 0) is 13.0 Å². The fourth-order valence-corrected chi connectivity index (χ4v) is 1.77. The molecule has 0 bridgehead atoms. The van der Waals surface area contributed by atoms with E-state index in [2.05, 4.69) is 4.74 Å². The predicted molar refractivity (Wildman–Crippen MR) is 64.2 cm³/mol. The van der Waals surface area contributed by atoms with Gasteiger partial charge in [-0.25, -0.2) is 18.0 Å². The number of fused-ring (bicyclic) bond motifs is 1. The minimum atomic E-state index is -1.75. The summed E-state index contributed by atoms with van der Waals surface area (Å²) in [6.45, 7) is 1.53. The van der Waals surface area contributed by atoms with E-state index < -0.39 is 45.3 Å². The number of nitrogens with two attached hydrogens (primary N) is 1. The number of esters is 1. The van der Waals surface area contributed by atoms with Crippen molar-refractivity contribution in [2.45, 2.75) is 6.92 Å². The second kappa shape index (κ2) is 4.87. The van der Waals surface area contributed by atoms with Crippen LogP contribution in [0, 0.1) is 17.5 Å². The van der Waals surface area contributed by atoms with Crippen molar-refractivity contribution in [1.29, 1.82) is 0 Å². The lowest BCUT2D eigenvalue weighted by molar-refractivity contribution is 0.0524. The van der Waals surface area contributed by atoms with Crippen molar-refractivity contribution in [3.63, 3.8) is 0 Å². The molecule has 106 valence electrons. The number of hydrogen-bond donors (Lipinski definition) is 1. The molecule has 0 saturated carbocycles. The van der Waals surface area contributed by atoms with Crippen molar-refractivity contribution in [2.24, 2.45) is 0 Å². The van der Waals surface area contributed by atoms with Crippen LogP contribution in [0.5, 0.6) is 0 Å². The summed E-state index contributed by atoms with van der Waals surface area (Å²) in [5.74, 6) is -0.462. The van der Waals surface area contributed by atoms with Crippen LogP contribution in [-0.4, -0.2) is 17.3 Å². The van der Waals surface area contributed by atoms with E-state index in [0.29, 0.717) is 10.7 Å². The predicted octanol–water partition coefficient (Wildman–Crippen LogP) is 1.31. The van der Waals surface area contributed by atoms with Gasteiger partial charge in [0.05, 0.1) is 12.0 Å². The van der Waals surface area contributed by atoms with Gasteiger partial charge >= 0.3 is 5.97 Å². The summed E-state index contributed by atoms with van der Waals surface area (Å²) in [7, 11) is 0. The summed E-state index contributed by atoms with van der Waals surface area (Å²) < 4.78 is 45.1. The molecular weight excluding hydrogens is 277 g/mol. The smallest absolute Gasteiger partial charge is 0.343 e. The van der Waals surface area contributed by atoms with E-state index in [4.69, 9.17) is 5.84 Å². The standard InChI is InChI=1S/C12H9F3N2O3/c1-2-20-12(19)6-4-17(16)10-5(11(6)18)3-7(13)8(14)9(10)15/h3-4H,2,16H2,1H3. The fraction of sp³-hybridized carbons (Fsp3) is 0.167. The van der Waals surface area contributed by atoms with Crippen molar-refractivity contribution in [3.8, 4) is 0 Å². The zero-order chi connectivity index (χ0) is 15.0. The molecule has 0 amide bonds. The lowest BCUT2D eigenvalue weighted by Gasteiger charge is -2.10. The molecule has 20 heavy (non-hydrogen) atoms. The first kappa shape index (κ1) is 13.9. The molecule has 1 heterocycles. The average Bonchev–Trinajstić information content (AvgIpc) is 2.40. The molecule has 2 N–H and O–H groups in total. The second-order valence-electron chi connectivity index (χ2n) is 3.88. The largest absolute Gasteiger partial charge is 0.462 e. The van der Waals surface area contributed by atoms with E-state index in [1.165, 1.54) is 6.92 Å². The van der Waals surface area contributed by atoms with Gasteiger partial charge in [-0.3, -0.25) is 9.47 Å². The highest BCUT2D eigenvalue weighted by molar-refractivity contribution is 5.94. The first-order valence-corrected chi connectivity index (χ1v) is 5.53. The third-order valence-corrected chi connectivity index (χ3v) is 2.65. The molecule has 5 nitrogen and oxygen atoms in total. The average molecular weight is 286 g/mol. The molecule has 0 atom stereocenters. The quantitative estimate of drug-likeness (QED) is 0.513. The first-order valence-electron chi connectivity index (χ1n) is 5.53. The number of hydrogen-bond acceptors (Lipinski definition) is 4. The summed E-state index contributed by atoms with van der Waals surface area (Å²) in [5, 5.41) is -0.547. The maximum atomic E-state index is 13.6. The summed E-state index contributed by atoms with van der Waals surface area (Å²) in [5.41, 5.74) is -2.12.